The highest BCUT2D eigenvalue weighted by molar-refractivity contribution is 5.70. The standard InChI is InChI=1S/C15H19NO2/c17-15-16-13(7-4-8-14(16)11-18-15)10-9-12-5-2-1-3-6-12/h1-3,5-6,13-14H,4,7-11H2/t13-,14-/m1/s1. The molecule has 3 heteroatoms. The molecule has 2 atom stereocenters. The van der Waals surface area contributed by atoms with E-state index in [1.54, 1.807) is 0 Å². The molecule has 0 unspecified atom stereocenters. The number of benzene rings is 1. The van der Waals surface area contributed by atoms with Crippen LogP contribution in [0.3, 0.4) is 0 Å². The third-order valence-electron chi connectivity index (χ3n) is 4.08. The number of amides is 1. The van der Waals surface area contributed by atoms with Crippen LogP contribution in [0.15, 0.2) is 30.3 Å². The minimum absolute atomic E-state index is 0.0993. The first kappa shape index (κ1) is 11.6. The lowest BCUT2D eigenvalue weighted by Crippen LogP contribution is -2.45. The van der Waals surface area contributed by atoms with Crippen molar-refractivity contribution < 1.29 is 9.53 Å². The maximum Gasteiger partial charge on any atom is 0.410 e. The van der Waals surface area contributed by atoms with Gasteiger partial charge in [0.25, 0.3) is 0 Å². The molecule has 1 aromatic carbocycles. The zero-order chi connectivity index (χ0) is 12.4. The first-order valence-corrected chi connectivity index (χ1v) is 6.83. The van der Waals surface area contributed by atoms with E-state index in [4.69, 9.17) is 4.74 Å². The minimum atomic E-state index is -0.0993. The lowest BCUT2D eigenvalue weighted by atomic mass is 9.93. The zero-order valence-corrected chi connectivity index (χ0v) is 10.5. The number of piperidine rings is 1. The summed E-state index contributed by atoms with van der Waals surface area (Å²) in [4.78, 5) is 13.7. The normalized spacial score (nSPS) is 26.9. The SMILES string of the molecule is O=C1OC[C@H]2CCC[C@H](CCc3ccccc3)N12. The first-order valence-electron chi connectivity index (χ1n) is 6.83. The maximum absolute atomic E-state index is 11.7. The van der Waals surface area contributed by atoms with Crippen LogP contribution < -0.4 is 0 Å². The Balaban J connectivity index is 1.63. The summed E-state index contributed by atoms with van der Waals surface area (Å²) in [6.45, 7) is 0.598. The van der Waals surface area contributed by atoms with E-state index in [1.165, 1.54) is 12.0 Å². The van der Waals surface area contributed by atoms with Gasteiger partial charge in [-0.25, -0.2) is 4.79 Å². The van der Waals surface area contributed by atoms with E-state index >= 15 is 0 Å². The highest BCUT2D eigenvalue weighted by atomic mass is 16.6. The minimum Gasteiger partial charge on any atom is -0.447 e. The molecular weight excluding hydrogens is 226 g/mol. The number of hydrogen-bond acceptors (Lipinski definition) is 2. The Bertz CT molecular complexity index is 418. The van der Waals surface area contributed by atoms with Crippen molar-refractivity contribution >= 4 is 6.09 Å². The van der Waals surface area contributed by atoms with Gasteiger partial charge in [0.05, 0.1) is 6.04 Å². The van der Waals surface area contributed by atoms with E-state index in [0.29, 0.717) is 18.7 Å². The Morgan fingerprint density at radius 2 is 2.06 bits per heavy atom. The molecule has 0 N–H and O–H groups in total. The molecule has 2 saturated heterocycles. The summed E-state index contributed by atoms with van der Waals surface area (Å²) in [5, 5.41) is 0. The molecule has 96 valence electrons. The highest BCUT2D eigenvalue weighted by Crippen LogP contribution is 2.30. The van der Waals surface area contributed by atoms with Crippen LogP contribution in [0, 0.1) is 0 Å². The van der Waals surface area contributed by atoms with Gasteiger partial charge in [-0.1, -0.05) is 30.3 Å². The number of carbonyl (C=O) groups is 1. The number of aryl methyl sites for hydroxylation is 1. The maximum atomic E-state index is 11.7. The molecule has 0 radical (unpaired) electrons. The Hall–Kier alpha value is -1.51. The second-order valence-electron chi connectivity index (χ2n) is 5.25. The fraction of sp³-hybridized carbons (Fsp3) is 0.533. The summed E-state index contributed by atoms with van der Waals surface area (Å²) in [6.07, 6.45) is 5.44. The number of rotatable bonds is 3. The number of fused-ring (bicyclic) bond motifs is 1. The second kappa shape index (κ2) is 5.01. The molecule has 0 bridgehead atoms. The molecule has 0 saturated carbocycles. The van der Waals surface area contributed by atoms with Crippen LogP contribution in [0.4, 0.5) is 4.79 Å². The molecule has 1 amide bonds. The third kappa shape index (κ3) is 2.22. The summed E-state index contributed by atoms with van der Waals surface area (Å²) in [5.74, 6) is 0. The Labute approximate surface area is 108 Å². The van der Waals surface area contributed by atoms with Gasteiger partial charge in [0.1, 0.15) is 6.61 Å². The average Bonchev–Trinajstić information content (AvgIpc) is 2.80. The van der Waals surface area contributed by atoms with Gasteiger partial charge in [-0.05, 0) is 37.7 Å². The summed E-state index contributed by atoms with van der Waals surface area (Å²) in [7, 11) is 0. The van der Waals surface area contributed by atoms with Crippen molar-refractivity contribution in [3.8, 4) is 0 Å². The summed E-state index contributed by atoms with van der Waals surface area (Å²) in [5.41, 5.74) is 1.35. The van der Waals surface area contributed by atoms with Crippen LogP contribution in [0.5, 0.6) is 0 Å². The Kier molecular flexibility index (Phi) is 3.22. The highest BCUT2D eigenvalue weighted by Gasteiger charge is 2.40. The third-order valence-corrected chi connectivity index (χ3v) is 4.08. The van der Waals surface area contributed by atoms with Gasteiger partial charge in [0.2, 0.25) is 0 Å². The van der Waals surface area contributed by atoms with Gasteiger partial charge in [0.15, 0.2) is 0 Å². The lowest BCUT2D eigenvalue weighted by Gasteiger charge is -2.35. The van der Waals surface area contributed by atoms with Crippen LogP contribution in [-0.4, -0.2) is 29.7 Å². The van der Waals surface area contributed by atoms with Gasteiger partial charge < -0.3 is 4.74 Å². The van der Waals surface area contributed by atoms with Gasteiger partial charge in [-0.2, -0.15) is 0 Å². The van der Waals surface area contributed by atoms with Crippen molar-refractivity contribution in [3.05, 3.63) is 35.9 Å². The molecular formula is C15H19NO2. The predicted molar refractivity (Wildman–Crippen MR) is 69.4 cm³/mol. The molecule has 2 fully saturated rings. The zero-order valence-electron chi connectivity index (χ0n) is 10.5. The van der Waals surface area contributed by atoms with E-state index in [1.807, 2.05) is 11.0 Å². The van der Waals surface area contributed by atoms with Gasteiger partial charge in [-0.3, -0.25) is 4.90 Å². The van der Waals surface area contributed by atoms with E-state index in [0.717, 1.165) is 25.7 Å². The van der Waals surface area contributed by atoms with Crippen molar-refractivity contribution in [1.29, 1.82) is 0 Å². The van der Waals surface area contributed by atoms with E-state index in [-0.39, 0.29) is 6.09 Å². The molecule has 1 aromatic rings. The number of hydrogen-bond donors (Lipinski definition) is 0. The summed E-state index contributed by atoms with van der Waals surface area (Å²) >= 11 is 0. The summed E-state index contributed by atoms with van der Waals surface area (Å²) < 4.78 is 5.17. The number of nitrogens with zero attached hydrogens (tertiary/aromatic N) is 1. The molecule has 2 aliphatic rings. The average molecular weight is 245 g/mol. The quantitative estimate of drug-likeness (QED) is 0.819. The molecule has 3 nitrogen and oxygen atoms in total. The van der Waals surface area contributed by atoms with Crippen LogP contribution in [0.1, 0.15) is 31.2 Å². The number of ether oxygens (including phenoxy) is 1. The van der Waals surface area contributed by atoms with Gasteiger partial charge in [-0.15, -0.1) is 0 Å². The molecule has 18 heavy (non-hydrogen) atoms. The van der Waals surface area contributed by atoms with Crippen molar-refractivity contribution in [2.45, 2.75) is 44.2 Å². The molecule has 3 rings (SSSR count). The Morgan fingerprint density at radius 1 is 1.22 bits per heavy atom. The van der Waals surface area contributed by atoms with Gasteiger partial charge >= 0.3 is 6.09 Å². The van der Waals surface area contributed by atoms with Crippen molar-refractivity contribution in [1.82, 2.24) is 4.90 Å². The molecule has 2 heterocycles. The fourth-order valence-electron chi connectivity index (χ4n) is 3.13. The van der Waals surface area contributed by atoms with Crippen molar-refractivity contribution in [2.75, 3.05) is 6.61 Å². The monoisotopic (exact) mass is 245 g/mol. The van der Waals surface area contributed by atoms with Gasteiger partial charge in [0, 0.05) is 6.04 Å². The molecule has 2 aliphatic heterocycles. The number of carbonyl (C=O) groups excluding carboxylic acids is 1. The smallest absolute Gasteiger partial charge is 0.410 e. The second-order valence-corrected chi connectivity index (χ2v) is 5.25. The van der Waals surface area contributed by atoms with Crippen LogP contribution in [-0.2, 0) is 11.2 Å². The Morgan fingerprint density at radius 3 is 2.89 bits per heavy atom. The van der Waals surface area contributed by atoms with E-state index in [9.17, 15) is 4.79 Å². The van der Waals surface area contributed by atoms with Crippen LogP contribution in [0.25, 0.3) is 0 Å². The van der Waals surface area contributed by atoms with Crippen LogP contribution in [0.2, 0.25) is 0 Å². The molecule has 0 aliphatic carbocycles. The van der Waals surface area contributed by atoms with E-state index < -0.39 is 0 Å². The van der Waals surface area contributed by atoms with Crippen molar-refractivity contribution in [2.24, 2.45) is 0 Å². The predicted octanol–water partition coefficient (Wildman–Crippen LogP) is 2.99. The molecule has 0 aromatic heterocycles. The van der Waals surface area contributed by atoms with Crippen molar-refractivity contribution in [3.63, 3.8) is 0 Å². The molecule has 0 spiro atoms. The van der Waals surface area contributed by atoms with Crippen LogP contribution >= 0.6 is 0 Å². The fourth-order valence-corrected chi connectivity index (χ4v) is 3.13. The largest absolute Gasteiger partial charge is 0.447 e. The first-order chi connectivity index (χ1) is 8.84. The van der Waals surface area contributed by atoms with E-state index in [2.05, 4.69) is 24.3 Å². The lowest BCUT2D eigenvalue weighted by molar-refractivity contribution is 0.124. The number of cyclic esters (lactones) is 1. The topological polar surface area (TPSA) is 29.5 Å². The summed E-state index contributed by atoms with van der Waals surface area (Å²) in [6, 6.07) is 11.2.